The van der Waals surface area contributed by atoms with Gasteiger partial charge in [-0.25, -0.2) is 4.68 Å². The first-order valence-corrected chi connectivity index (χ1v) is 8.05. The zero-order valence-electron chi connectivity index (χ0n) is 14.0. The lowest BCUT2D eigenvalue weighted by atomic mass is 10.0. The van der Waals surface area contributed by atoms with Crippen LogP contribution in [0.5, 0.6) is 0 Å². The Labute approximate surface area is 137 Å². The van der Waals surface area contributed by atoms with Gasteiger partial charge in [-0.2, -0.15) is 5.10 Å². The first kappa shape index (κ1) is 15.5. The summed E-state index contributed by atoms with van der Waals surface area (Å²) in [6, 6.07) is 19.1. The second-order valence-corrected chi connectivity index (χ2v) is 6.20. The van der Waals surface area contributed by atoms with Crippen LogP contribution in [0.4, 0.5) is 0 Å². The van der Waals surface area contributed by atoms with Gasteiger partial charge in [-0.05, 0) is 36.1 Å². The van der Waals surface area contributed by atoms with E-state index in [0.717, 1.165) is 22.6 Å². The van der Waals surface area contributed by atoms with E-state index < -0.39 is 0 Å². The molecule has 3 rings (SSSR count). The van der Waals surface area contributed by atoms with Crippen molar-refractivity contribution in [1.82, 2.24) is 9.78 Å². The standard InChI is InChI=1S/C20H23N3/c1-14(2)16-8-10-17(11-9-16)20-12-18(13-21)22-23(20)19-7-5-4-6-15(19)3/h4-12,14H,13,21H2,1-3H3. The molecule has 0 saturated heterocycles. The van der Waals surface area contributed by atoms with Crippen LogP contribution in [-0.2, 0) is 6.54 Å². The summed E-state index contributed by atoms with van der Waals surface area (Å²) in [5, 5.41) is 4.69. The maximum Gasteiger partial charge on any atom is 0.0771 e. The Kier molecular flexibility index (Phi) is 4.30. The van der Waals surface area contributed by atoms with E-state index in [1.54, 1.807) is 0 Å². The van der Waals surface area contributed by atoms with Gasteiger partial charge in [0.1, 0.15) is 0 Å². The number of benzene rings is 2. The highest BCUT2D eigenvalue weighted by atomic mass is 15.3. The van der Waals surface area contributed by atoms with E-state index in [9.17, 15) is 0 Å². The Hall–Kier alpha value is -2.39. The fourth-order valence-electron chi connectivity index (χ4n) is 2.76. The van der Waals surface area contributed by atoms with Crippen molar-refractivity contribution in [2.75, 3.05) is 0 Å². The molecule has 1 aromatic heterocycles. The zero-order chi connectivity index (χ0) is 16.4. The molecule has 1 heterocycles. The molecule has 23 heavy (non-hydrogen) atoms. The Morgan fingerprint density at radius 2 is 1.74 bits per heavy atom. The van der Waals surface area contributed by atoms with Crippen LogP contribution < -0.4 is 5.73 Å². The van der Waals surface area contributed by atoms with Crippen LogP contribution in [0, 0.1) is 6.92 Å². The molecule has 0 aliphatic heterocycles. The van der Waals surface area contributed by atoms with Crippen molar-refractivity contribution < 1.29 is 0 Å². The van der Waals surface area contributed by atoms with Crippen LogP contribution in [0.3, 0.4) is 0 Å². The third-order valence-electron chi connectivity index (χ3n) is 4.19. The zero-order valence-corrected chi connectivity index (χ0v) is 14.0. The van der Waals surface area contributed by atoms with E-state index in [0.29, 0.717) is 12.5 Å². The minimum atomic E-state index is 0.440. The molecule has 0 aliphatic rings. The van der Waals surface area contributed by atoms with Crippen molar-refractivity contribution in [2.45, 2.75) is 33.2 Å². The van der Waals surface area contributed by atoms with E-state index in [1.165, 1.54) is 11.1 Å². The lowest BCUT2D eigenvalue weighted by Crippen LogP contribution is -2.03. The molecule has 0 amide bonds. The van der Waals surface area contributed by atoms with Gasteiger partial charge in [0, 0.05) is 12.1 Å². The molecule has 0 fully saturated rings. The smallest absolute Gasteiger partial charge is 0.0771 e. The van der Waals surface area contributed by atoms with E-state index in [1.807, 2.05) is 16.8 Å². The molecular weight excluding hydrogens is 282 g/mol. The maximum absolute atomic E-state index is 5.81. The summed E-state index contributed by atoms with van der Waals surface area (Å²) in [4.78, 5) is 0. The highest BCUT2D eigenvalue weighted by Crippen LogP contribution is 2.27. The molecule has 3 nitrogen and oxygen atoms in total. The Morgan fingerprint density at radius 1 is 1.04 bits per heavy atom. The first-order valence-electron chi connectivity index (χ1n) is 8.05. The predicted molar refractivity (Wildman–Crippen MR) is 95.7 cm³/mol. The largest absolute Gasteiger partial charge is 0.325 e. The van der Waals surface area contributed by atoms with Crippen LogP contribution in [0.15, 0.2) is 54.6 Å². The summed E-state index contributed by atoms with van der Waals surface area (Å²) < 4.78 is 2.00. The van der Waals surface area contributed by atoms with Crippen molar-refractivity contribution >= 4 is 0 Å². The normalized spacial score (nSPS) is 11.2. The van der Waals surface area contributed by atoms with Gasteiger partial charge >= 0.3 is 0 Å². The van der Waals surface area contributed by atoms with Gasteiger partial charge < -0.3 is 5.73 Å². The minimum absolute atomic E-state index is 0.440. The molecule has 0 spiro atoms. The number of hydrogen-bond donors (Lipinski definition) is 1. The molecule has 2 aromatic carbocycles. The molecule has 0 bridgehead atoms. The van der Waals surface area contributed by atoms with Crippen LogP contribution >= 0.6 is 0 Å². The van der Waals surface area contributed by atoms with Crippen LogP contribution in [0.1, 0.15) is 36.6 Å². The highest BCUT2D eigenvalue weighted by molar-refractivity contribution is 5.64. The van der Waals surface area contributed by atoms with E-state index in [4.69, 9.17) is 5.73 Å². The second kappa shape index (κ2) is 6.39. The lowest BCUT2D eigenvalue weighted by molar-refractivity contribution is 0.833. The minimum Gasteiger partial charge on any atom is -0.325 e. The fourth-order valence-corrected chi connectivity index (χ4v) is 2.76. The molecule has 3 aromatic rings. The topological polar surface area (TPSA) is 43.8 Å². The summed E-state index contributed by atoms with van der Waals surface area (Å²) in [7, 11) is 0. The Morgan fingerprint density at radius 3 is 2.35 bits per heavy atom. The summed E-state index contributed by atoms with van der Waals surface area (Å²) in [6.07, 6.45) is 0. The van der Waals surface area contributed by atoms with Gasteiger partial charge in [0.2, 0.25) is 0 Å². The maximum atomic E-state index is 5.81. The molecule has 118 valence electrons. The SMILES string of the molecule is Cc1ccccc1-n1nc(CN)cc1-c1ccc(C(C)C)cc1. The molecule has 0 saturated carbocycles. The second-order valence-electron chi connectivity index (χ2n) is 6.20. The van der Waals surface area contributed by atoms with Gasteiger partial charge in [-0.1, -0.05) is 56.3 Å². The van der Waals surface area contributed by atoms with E-state index >= 15 is 0 Å². The monoisotopic (exact) mass is 305 g/mol. The number of hydrogen-bond acceptors (Lipinski definition) is 2. The number of aryl methyl sites for hydroxylation is 1. The molecule has 0 radical (unpaired) electrons. The van der Waals surface area contributed by atoms with Crippen molar-refractivity contribution in [2.24, 2.45) is 5.73 Å². The Bertz CT molecular complexity index is 798. The van der Waals surface area contributed by atoms with Crippen molar-refractivity contribution in [1.29, 1.82) is 0 Å². The van der Waals surface area contributed by atoms with Crippen LogP contribution in [-0.4, -0.2) is 9.78 Å². The third kappa shape index (κ3) is 3.06. The summed E-state index contributed by atoms with van der Waals surface area (Å²) in [6.45, 7) is 6.96. The highest BCUT2D eigenvalue weighted by Gasteiger charge is 2.12. The van der Waals surface area contributed by atoms with Crippen LogP contribution in [0.25, 0.3) is 16.9 Å². The third-order valence-corrected chi connectivity index (χ3v) is 4.19. The number of para-hydroxylation sites is 1. The molecule has 2 N–H and O–H groups in total. The van der Waals surface area contributed by atoms with E-state index in [-0.39, 0.29) is 0 Å². The lowest BCUT2D eigenvalue weighted by Gasteiger charge is -2.11. The number of nitrogens with zero attached hydrogens (tertiary/aromatic N) is 2. The van der Waals surface area contributed by atoms with Gasteiger partial charge in [-0.3, -0.25) is 0 Å². The quantitative estimate of drug-likeness (QED) is 0.775. The predicted octanol–water partition coefficient (Wildman–Crippen LogP) is 4.43. The van der Waals surface area contributed by atoms with Gasteiger partial charge in [0.15, 0.2) is 0 Å². The number of aromatic nitrogens is 2. The van der Waals surface area contributed by atoms with Crippen molar-refractivity contribution in [3.8, 4) is 16.9 Å². The molecular formula is C20H23N3. The molecule has 0 aliphatic carbocycles. The van der Waals surface area contributed by atoms with Crippen molar-refractivity contribution in [3.63, 3.8) is 0 Å². The molecule has 0 atom stereocenters. The van der Waals surface area contributed by atoms with Gasteiger partial charge in [0.25, 0.3) is 0 Å². The van der Waals surface area contributed by atoms with Crippen molar-refractivity contribution in [3.05, 3.63) is 71.4 Å². The summed E-state index contributed by atoms with van der Waals surface area (Å²) in [5.41, 5.74) is 12.6. The molecule has 0 unspecified atom stereocenters. The van der Waals surface area contributed by atoms with Gasteiger partial charge in [-0.15, -0.1) is 0 Å². The van der Waals surface area contributed by atoms with Crippen LogP contribution in [0.2, 0.25) is 0 Å². The first-order chi connectivity index (χ1) is 11.1. The Balaban J connectivity index is 2.12. The number of nitrogens with two attached hydrogens (primary N) is 1. The average molecular weight is 305 g/mol. The summed E-state index contributed by atoms with van der Waals surface area (Å²) in [5.74, 6) is 0.532. The number of rotatable bonds is 4. The van der Waals surface area contributed by atoms with E-state index in [2.05, 4.69) is 68.3 Å². The fraction of sp³-hybridized carbons (Fsp3) is 0.250. The van der Waals surface area contributed by atoms with Gasteiger partial charge in [0.05, 0.1) is 17.1 Å². The molecule has 3 heteroatoms. The average Bonchev–Trinajstić information content (AvgIpc) is 2.99. The summed E-state index contributed by atoms with van der Waals surface area (Å²) >= 11 is 0.